The van der Waals surface area contributed by atoms with Gasteiger partial charge in [0.05, 0.1) is 25.5 Å². The lowest BCUT2D eigenvalue weighted by atomic mass is 10.1. The molecule has 1 aromatic carbocycles. The van der Waals surface area contributed by atoms with E-state index in [4.69, 9.17) is 10.00 Å². The summed E-state index contributed by atoms with van der Waals surface area (Å²) in [6.07, 6.45) is 1.24. The smallest absolute Gasteiger partial charge is 0.340 e. The maximum atomic E-state index is 13.6. The molecule has 2 rings (SSSR count). The van der Waals surface area contributed by atoms with E-state index in [0.29, 0.717) is 0 Å². The topological polar surface area (TPSA) is 126 Å². The number of nitrogens with one attached hydrogen (secondary N) is 2. The van der Waals surface area contributed by atoms with E-state index in [1.54, 1.807) is 0 Å². The molecule has 0 bridgehead atoms. The Morgan fingerprint density at radius 1 is 1.48 bits per heavy atom. The number of rotatable bonds is 5. The molecule has 9 nitrogen and oxygen atoms in total. The zero-order chi connectivity index (χ0) is 16.8. The Bertz CT molecular complexity index is 782. The number of hydrogen-bond acceptors (Lipinski definition) is 8. The van der Waals surface area contributed by atoms with Gasteiger partial charge in [-0.2, -0.15) is 10.5 Å². The minimum Gasteiger partial charge on any atom is -0.494 e. The fraction of sp³-hybridized carbons (Fsp3) is 0.154. The number of aromatic amines is 1. The van der Waals surface area contributed by atoms with Crippen LogP contribution in [0.25, 0.3) is 5.57 Å². The molecule has 0 saturated heterocycles. The normalized spacial score (nSPS) is 10.8. The van der Waals surface area contributed by atoms with Gasteiger partial charge in [0.25, 0.3) is 0 Å². The maximum absolute atomic E-state index is 13.6. The Balaban J connectivity index is 2.46. The molecule has 0 saturated carbocycles. The number of tetrazole rings is 1. The molecule has 23 heavy (non-hydrogen) atoms. The van der Waals surface area contributed by atoms with Gasteiger partial charge in [-0.1, -0.05) is 0 Å². The number of benzene rings is 1. The Kier molecular flexibility index (Phi) is 4.83. The van der Waals surface area contributed by atoms with Crippen molar-refractivity contribution in [3.8, 4) is 11.8 Å². The number of nitrogens with zero attached hydrogens (tertiary/aromatic N) is 4. The number of anilines is 1. The fourth-order valence-electron chi connectivity index (χ4n) is 1.73. The highest BCUT2D eigenvalue weighted by Gasteiger charge is 2.18. The van der Waals surface area contributed by atoms with Crippen molar-refractivity contribution in [3.63, 3.8) is 0 Å². The molecular formula is C13H11FN6O3. The molecule has 0 amide bonds. The van der Waals surface area contributed by atoms with Crippen LogP contribution in [-0.4, -0.2) is 40.8 Å². The van der Waals surface area contributed by atoms with Crippen LogP contribution in [0.3, 0.4) is 0 Å². The number of nitriles is 1. The molecule has 10 heteroatoms. The van der Waals surface area contributed by atoms with Crippen LogP contribution in [0.2, 0.25) is 0 Å². The van der Waals surface area contributed by atoms with Crippen molar-refractivity contribution in [3.05, 3.63) is 35.5 Å². The standard InChI is InChI=1S/C13H11FN6O3/c1-22-10-4-8(14)3-9(13(21)23-2)11(10)16-6-7(5-15)12-17-19-20-18-12/h3-4,6,16H,1-2H3,(H,17,18,19,20). The number of halogens is 1. The molecule has 0 atom stereocenters. The molecule has 2 N–H and O–H groups in total. The van der Waals surface area contributed by atoms with Crippen molar-refractivity contribution in [2.45, 2.75) is 0 Å². The second-order valence-electron chi connectivity index (χ2n) is 4.07. The van der Waals surface area contributed by atoms with Crippen LogP contribution in [0.15, 0.2) is 18.3 Å². The van der Waals surface area contributed by atoms with Gasteiger partial charge >= 0.3 is 5.97 Å². The first kappa shape index (κ1) is 15.9. The van der Waals surface area contributed by atoms with E-state index in [0.717, 1.165) is 12.1 Å². The predicted octanol–water partition coefficient (Wildman–Crippen LogP) is 1.11. The number of aromatic nitrogens is 4. The number of ether oxygens (including phenoxy) is 2. The molecule has 0 fully saturated rings. The summed E-state index contributed by atoms with van der Waals surface area (Å²) in [7, 11) is 2.48. The van der Waals surface area contributed by atoms with E-state index in [-0.39, 0.29) is 28.4 Å². The number of esters is 1. The maximum Gasteiger partial charge on any atom is 0.340 e. The SMILES string of the molecule is COC(=O)c1cc(F)cc(OC)c1NC=C(C#N)c1nn[nH]n1. The molecule has 1 aromatic heterocycles. The first-order valence-electron chi connectivity index (χ1n) is 6.17. The van der Waals surface area contributed by atoms with Crippen LogP contribution in [0.5, 0.6) is 5.75 Å². The van der Waals surface area contributed by atoms with Gasteiger partial charge in [0.15, 0.2) is 0 Å². The van der Waals surface area contributed by atoms with Crippen LogP contribution in [0.1, 0.15) is 16.2 Å². The molecular weight excluding hydrogens is 307 g/mol. The number of H-pyrrole nitrogens is 1. The third kappa shape index (κ3) is 3.41. The molecule has 0 spiro atoms. The lowest BCUT2D eigenvalue weighted by molar-refractivity contribution is 0.0601. The summed E-state index contributed by atoms with van der Waals surface area (Å²) in [5.41, 5.74) is 0.0870. The predicted molar refractivity (Wildman–Crippen MR) is 75.7 cm³/mol. The molecule has 0 radical (unpaired) electrons. The van der Waals surface area contributed by atoms with E-state index >= 15 is 0 Å². The monoisotopic (exact) mass is 318 g/mol. The second-order valence-corrected chi connectivity index (χ2v) is 4.07. The summed E-state index contributed by atoms with van der Waals surface area (Å²) in [5, 5.41) is 24.7. The van der Waals surface area contributed by atoms with Crippen molar-refractivity contribution in [2.75, 3.05) is 19.5 Å². The summed E-state index contributed by atoms with van der Waals surface area (Å²) in [6.45, 7) is 0. The van der Waals surface area contributed by atoms with Gasteiger partial charge in [-0.25, -0.2) is 9.18 Å². The third-order valence-corrected chi connectivity index (χ3v) is 2.76. The van der Waals surface area contributed by atoms with Crippen LogP contribution < -0.4 is 10.1 Å². The van der Waals surface area contributed by atoms with Crippen molar-refractivity contribution < 1.29 is 18.7 Å². The minimum atomic E-state index is -0.767. The van der Waals surface area contributed by atoms with Crippen molar-refractivity contribution in [2.24, 2.45) is 0 Å². The van der Waals surface area contributed by atoms with Gasteiger partial charge in [0.2, 0.25) is 5.82 Å². The Morgan fingerprint density at radius 2 is 2.26 bits per heavy atom. The van der Waals surface area contributed by atoms with Gasteiger partial charge in [-0.15, -0.1) is 10.2 Å². The summed E-state index contributed by atoms with van der Waals surface area (Å²) >= 11 is 0. The van der Waals surface area contributed by atoms with Gasteiger partial charge < -0.3 is 14.8 Å². The van der Waals surface area contributed by atoms with Crippen molar-refractivity contribution >= 4 is 17.2 Å². The zero-order valence-corrected chi connectivity index (χ0v) is 12.1. The van der Waals surface area contributed by atoms with Crippen LogP contribution in [0, 0.1) is 17.1 Å². The highest BCUT2D eigenvalue weighted by Crippen LogP contribution is 2.31. The lowest BCUT2D eigenvalue weighted by Gasteiger charge is -2.13. The number of allylic oxidation sites excluding steroid dienone is 1. The number of carbonyl (C=O) groups is 1. The van der Waals surface area contributed by atoms with Gasteiger partial charge in [-0.3, -0.25) is 0 Å². The van der Waals surface area contributed by atoms with E-state index in [1.165, 1.54) is 20.4 Å². The van der Waals surface area contributed by atoms with Crippen LogP contribution >= 0.6 is 0 Å². The summed E-state index contributed by atoms with van der Waals surface area (Å²) in [4.78, 5) is 11.8. The van der Waals surface area contributed by atoms with Gasteiger partial charge in [0.1, 0.15) is 23.2 Å². The van der Waals surface area contributed by atoms with E-state index < -0.39 is 11.8 Å². The fourth-order valence-corrected chi connectivity index (χ4v) is 1.73. The molecule has 118 valence electrons. The molecule has 2 aromatic rings. The van der Waals surface area contributed by atoms with Crippen LogP contribution in [-0.2, 0) is 4.74 Å². The highest BCUT2D eigenvalue weighted by atomic mass is 19.1. The summed E-state index contributed by atoms with van der Waals surface area (Å²) < 4.78 is 23.2. The molecule has 0 aliphatic rings. The largest absolute Gasteiger partial charge is 0.494 e. The van der Waals surface area contributed by atoms with E-state index in [2.05, 4.69) is 30.7 Å². The number of hydrogen-bond donors (Lipinski definition) is 2. The zero-order valence-electron chi connectivity index (χ0n) is 12.1. The Morgan fingerprint density at radius 3 is 2.83 bits per heavy atom. The summed E-state index contributed by atoms with van der Waals surface area (Å²) in [5.74, 6) is -1.32. The average molecular weight is 318 g/mol. The number of carbonyl (C=O) groups excluding carboxylic acids is 1. The van der Waals surface area contributed by atoms with Gasteiger partial charge in [-0.05, 0) is 11.3 Å². The average Bonchev–Trinajstić information content (AvgIpc) is 3.09. The third-order valence-electron chi connectivity index (χ3n) is 2.76. The Hall–Kier alpha value is -3.48. The molecule has 0 aliphatic carbocycles. The van der Waals surface area contributed by atoms with Crippen LogP contribution in [0.4, 0.5) is 10.1 Å². The first-order valence-corrected chi connectivity index (χ1v) is 6.17. The van der Waals surface area contributed by atoms with Crippen molar-refractivity contribution in [1.82, 2.24) is 20.6 Å². The highest BCUT2D eigenvalue weighted by molar-refractivity contribution is 5.97. The molecule has 1 heterocycles. The minimum absolute atomic E-state index is 0.0425. The van der Waals surface area contributed by atoms with Gasteiger partial charge in [0, 0.05) is 12.3 Å². The quantitative estimate of drug-likeness (QED) is 0.620. The Labute approximate surface area is 129 Å². The lowest BCUT2D eigenvalue weighted by Crippen LogP contribution is -2.08. The molecule has 0 aliphatic heterocycles. The van der Waals surface area contributed by atoms with E-state index in [1.807, 2.05) is 6.07 Å². The second kappa shape index (κ2) is 6.99. The number of methoxy groups -OCH3 is 2. The molecule has 0 unspecified atom stereocenters. The first-order chi connectivity index (χ1) is 11.1. The van der Waals surface area contributed by atoms with Crippen molar-refractivity contribution in [1.29, 1.82) is 5.26 Å². The van der Waals surface area contributed by atoms with E-state index in [9.17, 15) is 9.18 Å². The summed E-state index contributed by atoms with van der Waals surface area (Å²) in [6, 6.07) is 3.95.